The zero-order valence-corrected chi connectivity index (χ0v) is 7.42. The monoisotopic (exact) mass is 159 g/mol. The average molecular weight is 159 g/mol. The van der Waals surface area contributed by atoms with E-state index in [4.69, 9.17) is 5.11 Å². The van der Waals surface area contributed by atoms with E-state index < -0.39 is 5.97 Å². The molecular weight excluding hydrogens is 142 g/mol. The number of rotatable bonds is 5. The van der Waals surface area contributed by atoms with Gasteiger partial charge in [-0.25, -0.2) is 0 Å². The number of aliphatic carboxylic acids is 1. The number of nitrogens with one attached hydrogen (secondary N) is 1. The minimum Gasteiger partial charge on any atom is -0.480 e. The second-order valence-electron chi connectivity index (χ2n) is 3.15. The zero-order chi connectivity index (χ0) is 8.85. The van der Waals surface area contributed by atoms with Crippen LogP contribution in [0.3, 0.4) is 0 Å². The lowest BCUT2D eigenvalue weighted by Gasteiger charge is -2.11. The van der Waals surface area contributed by atoms with Gasteiger partial charge in [0, 0.05) is 0 Å². The van der Waals surface area contributed by atoms with Crippen molar-refractivity contribution in [1.29, 1.82) is 0 Å². The molecule has 0 aromatic heterocycles. The Bertz CT molecular complexity index is 123. The van der Waals surface area contributed by atoms with Crippen molar-refractivity contribution in [2.24, 2.45) is 5.92 Å². The van der Waals surface area contributed by atoms with Gasteiger partial charge in [0.2, 0.25) is 0 Å². The minimum atomic E-state index is -0.756. The van der Waals surface area contributed by atoms with Crippen LogP contribution in [0, 0.1) is 5.92 Å². The normalized spacial score (nSPS) is 13.5. The summed E-state index contributed by atoms with van der Waals surface area (Å²) in [5.74, 6) is -0.182. The van der Waals surface area contributed by atoms with Crippen LogP contribution in [0.2, 0.25) is 0 Å². The average Bonchev–Trinajstić information content (AvgIpc) is 1.87. The van der Waals surface area contributed by atoms with Gasteiger partial charge >= 0.3 is 5.97 Å². The summed E-state index contributed by atoms with van der Waals surface area (Å²) in [6.45, 7) is 4.18. The van der Waals surface area contributed by atoms with Crippen LogP contribution in [0.15, 0.2) is 0 Å². The molecule has 2 N–H and O–H groups in total. The lowest BCUT2D eigenvalue weighted by atomic mass is 10.0. The number of carbonyl (C=O) groups is 1. The Morgan fingerprint density at radius 2 is 2.00 bits per heavy atom. The maximum Gasteiger partial charge on any atom is 0.320 e. The van der Waals surface area contributed by atoms with E-state index in [0.29, 0.717) is 12.3 Å². The number of carboxylic acids is 1. The summed E-state index contributed by atoms with van der Waals surface area (Å²) >= 11 is 0. The van der Waals surface area contributed by atoms with Crippen LogP contribution in [0.5, 0.6) is 0 Å². The summed E-state index contributed by atoms with van der Waals surface area (Å²) < 4.78 is 0. The van der Waals surface area contributed by atoms with Crippen LogP contribution in [-0.2, 0) is 4.79 Å². The second kappa shape index (κ2) is 5.13. The highest BCUT2D eigenvalue weighted by atomic mass is 16.4. The molecule has 0 spiro atoms. The first-order valence-electron chi connectivity index (χ1n) is 3.98. The molecule has 0 aliphatic heterocycles. The predicted molar refractivity (Wildman–Crippen MR) is 44.6 cm³/mol. The zero-order valence-electron chi connectivity index (χ0n) is 7.42. The molecular formula is C8H17NO2. The Balaban J connectivity index is 3.61. The third kappa shape index (κ3) is 4.79. The first kappa shape index (κ1) is 10.4. The van der Waals surface area contributed by atoms with Gasteiger partial charge in [0.1, 0.15) is 6.04 Å². The molecule has 0 unspecified atom stereocenters. The van der Waals surface area contributed by atoms with Crippen LogP contribution in [0.1, 0.15) is 26.7 Å². The van der Waals surface area contributed by atoms with Crippen molar-refractivity contribution in [3.05, 3.63) is 0 Å². The van der Waals surface area contributed by atoms with E-state index in [0.717, 1.165) is 6.42 Å². The minimum absolute atomic E-state index is 0.377. The van der Waals surface area contributed by atoms with Crippen LogP contribution in [0.25, 0.3) is 0 Å². The van der Waals surface area contributed by atoms with E-state index in [1.165, 1.54) is 0 Å². The maximum atomic E-state index is 10.5. The molecule has 0 bridgehead atoms. The summed E-state index contributed by atoms with van der Waals surface area (Å²) in [6.07, 6.45) is 1.67. The van der Waals surface area contributed by atoms with Crippen LogP contribution in [-0.4, -0.2) is 24.2 Å². The Labute approximate surface area is 67.8 Å². The molecule has 0 heterocycles. The number of likely N-dealkylation sites (N-methyl/N-ethyl adjacent to an activating group) is 1. The summed E-state index contributed by atoms with van der Waals surface area (Å²) in [4.78, 5) is 10.5. The van der Waals surface area contributed by atoms with E-state index in [1.54, 1.807) is 7.05 Å². The first-order chi connectivity index (χ1) is 5.07. The van der Waals surface area contributed by atoms with Crippen molar-refractivity contribution in [2.75, 3.05) is 7.05 Å². The topological polar surface area (TPSA) is 49.3 Å². The second-order valence-corrected chi connectivity index (χ2v) is 3.15. The van der Waals surface area contributed by atoms with Gasteiger partial charge in [-0.3, -0.25) is 4.79 Å². The number of carboxylic acid groups (broad SMARTS) is 1. The summed E-state index contributed by atoms with van der Waals surface area (Å²) in [6, 6.07) is -0.377. The third-order valence-corrected chi connectivity index (χ3v) is 1.68. The molecule has 0 saturated carbocycles. The first-order valence-corrected chi connectivity index (χ1v) is 3.98. The molecule has 0 radical (unpaired) electrons. The summed E-state index contributed by atoms with van der Waals surface area (Å²) in [7, 11) is 1.68. The molecule has 1 atom stereocenters. The van der Waals surface area contributed by atoms with Gasteiger partial charge < -0.3 is 10.4 Å². The Morgan fingerprint density at radius 3 is 2.27 bits per heavy atom. The van der Waals surface area contributed by atoms with Crippen molar-refractivity contribution in [3.63, 3.8) is 0 Å². The molecule has 3 heteroatoms. The smallest absolute Gasteiger partial charge is 0.320 e. The fourth-order valence-electron chi connectivity index (χ4n) is 0.891. The van der Waals surface area contributed by atoms with E-state index >= 15 is 0 Å². The quantitative estimate of drug-likeness (QED) is 0.631. The molecule has 0 aromatic rings. The number of hydrogen-bond acceptors (Lipinski definition) is 2. The molecule has 66 valence electrons. The summed E-state index contributed by atoms with van der Waals surface area (Å²) in [5, 5.41) is 11.4. The van der Waals surface area contributed by atoms with Crippen molar-refractivity contribution in [3.8, 4) is 0 Å². The fraction of sp³-hybridized carbons (Fsp3) is 0.875. The van der Waals surface area contributed by atoms with E-state index in [2.05, 4.69) is 19.2 Å². The molecule has 0 amide bonds. The van der Waals surface area contributed by atoms with Gasteiger partial charge in [0.05, 0.1) is 0 Å². The molecule has 3 nitrogen and oxygen atoms in total. The summed E-state index contributed by atoms with van der Waals surface area (Å²) in [5.41, 5.74) is 0. The van der Waals surface area contributed by atoms with Crippen LogP contribution < -0.4 is 5.32 Å². The maximum absolute atomic E-state index is 10.5. The molecule has 0 saturated heterocycles. The highest BCUT2D eigenvalue weighted by Gasteiger charge is 2.14. The van der Waals surface area contributed by atoms with Crippen molar-refractivity contribution in [1.82, 2.24) is 5.32 Å². The van der Waals surface area contributed by atoms with Crippen LogP contribution in [0.4, 0.5) is 0 Å². The Kier molecular flexibility index (Phi) is 4.86. The highest BCUT2D eigenvalue weighted by molar-refractivity contribution is 5.73. The predicted octanol–water partition coefficient (Wildman–Crippen LogP) is 1.10. The Hall–Kier alpha value is -0.570. The molecule has 0 aromatic carbocycles. The molecule has 0 aliphatic carbocycles. The van der Waals surface area contributed by atoms with Gasteiger partial charge in [-0.2, -0.15) is 0 Å². The highest BCUT2D eigenvalue weighted by Crippen LogP contribution is 2.06. The largest absolute Gasteiger partial charge is 0.480 e. The van der Waals surface area contributed by atoms with E-state index in [9.17, 15) is 4.79 Å². The third-order valence-electron chi connectivity index (χ3n) is 1.68. The van der Waals surface area contributed by atoms with Gasteiger partial charge in [0.25, 0.3) is 0 Å². The van der Waals surface area contributed by atoms with Crippen LogP contribution >= 0.6 is 0 Å². The molecule has 0 aliphatic rings. The fourth-order valence-corrected chi connectivity index (χ4v) is 0.891. The van der Waals surface area contributed by atoms with Gasteiger partial charge in [-0.15, -0.1) is 0 Å². The van der Waals surface area contributed by atoms with Crippen molar-refractivity contribution < 1.29 is 9.90 Å². The Morgan fingerprint density at radius 1 is 1.45 bits per heavy atom. The van der Waals surface area contributed by atoms with Gasteiger partial charge in [-0.1, -0.05) is 13.8 Å². The SMILES string of the molecule is CN[C@H](CCC(C)C)C(=O)O. The van der Waals surface area contributed by atoms with Crippen molar-refractivity contribution in [2.45, 2.75) is 32.7 Å². The van der Waals surface area contributed by atoms with E-state index in [-0.39, 0.29) is 6.04 Å². The molecule has 11 heavy (non-hydrogen) atoms. The van der Waals surface area contributed by atoms with Gasteiger partial charge in [-0.05, 0) is 25.8 Å². The lowest BCUT2D eigenvalue weighted by Crippen LogP contribution is -2.33. The molecule has 0 fully saturated rings. The number of hydrogen-bond donors (Lipinski definition) is 2. The van der Waals surface area contributed by atoms with Crippen molar-refractivity contribution >= 4 is 5.97 Å². The van der Waals surface area contributed by atoms with E-state index in [1.807, 2.05) is 0 Å². The lowest BCUT2D eigenvalue weighted by molar-refractivity contribution is -0.139. The standard InChI is InChI=1S/C8H17NO2/c1-6(2)4-5-7(9-3)8(10)11/h6-7,9H,4-5H2,1-3H3,(H,10,11)/t7-/m1/s1. The van der Waals surface area contributed by atoms with Gasteiger partial charge in [0.15, 0.2) is 0 Å². The molecule has 0 rings (SSSR count).